The molecule has 0 atom stereocenters. The molecule has 148 valence electrons. The number of nitrogens with two attached hydrogens (primary N) is 2. The van der Waals surface area contributed by atoms with Gasteiger partial charge in [-0.1, -0.05) is 41.9 Å². The van der Waals surface area contributed by atoms with E-state index < -0.39 is 5.66 Å². The number of fused-ring (bicyclic) bond motifs is 1. The minimum absolute atomic E-state index is 0.149. The van der Waals surface area contributed by atoms with Crippen molar-refractivity contribution in [3.8, 4) is 11.5 Å². The Morgan fingerprint density at radius 2 is 1.76 bits per heavy atom. The molecule has 8 heteroatoms. The zero-order chi connectivity index (χ0) is 20.8. The molecule has 0 aromatic heterocycles. The van der Waals surface area contributed by atoms with Gasteiger partial charge >= 0.3 is 0 Å². The first-order valence-electron chi connectivity index (χ1n) is 8.90. The average molecular weight is 473 g/mol. The maximum absolute atomic E-state index is 6.53. The number of benzene rings is 3. The minimum atomic E-state index is -0.691. The Morgan fingerprint density at radius 3 is 2.48 bits per heavy atom. The third kappa shape index (κ3) is 3.63. The van der Waals surface area contributed by atoms with E-state index in [2.05, 4.69) is 25.9 Å². The molecule has 3 aromatic rings. The normalized spacial score (nSPS) is 15.8. The SMILES string of the molecule is CC1(C)N=C(N)N=C(N)N1c1ccc(Oc2ccc3ccccc3c2Br)c(Cl)c1. The van der Waals surface area contributed by atoms with Gasteiger partial charge in [0.25, 0.3) is 0 Å². The van der Waals surface area contributed by atoms with E-state index in [1.54, 1.807) is 17.0 Å². The van der Waals surface area contributed by atoms with Crippen LogP contribution in [-0.2, 0) is 0 Å². The second-order valence-corrected chi connectivity index (χ2v) is 8.29. The number of ether oxygens (including phenoxy) is 1. The molecule has 1 heterocycles. The largest absolute Gasteiger partial charge is 0.455 e. The smallest absolute Gasteiger partial charge is 0.220 e. The van der Waals surface area contributed by atoms with Gasteiger partial charge in [-0.3, -0.25) is 4.90 Å². The molecule has 1 aliphatic heterocycles. The minimum Gasteiger partial charge on any atom is -0.455 e. The molecule has 0 saturated carbocycles. The quantitative estimate of drug-likeness (QED) is 0.546. The highest BCUT2D eigenvalue weighted by Crippen LogP contribution is 2.40. The predicted octanol–water partition coefficient (Wildman–Crippen LogP) is 5.23. The number of hydrogen-bond donors (Lipinski definition) is 2. The van der Waals surface area contributed by atoms with E-state index in [-0.39, 0.29) is 11.9 Å². The maximum Gasteiger partial charge on any atom is 0.220 e. The van der Waals surface area contributed by atoms with E-state index in [1.807, 2.05) is 56.3 Å². The van der Waals surface area contributed by atoms with Gasteiger partial charge in [0.1, 0.15) is 17.2 Å². The molecule has 0 unspecified atom stereocenters. The zero-order valence-electron chi connectivity index (χ0n) is 15.9. The van der Waals surface area contributed by atoms with Crippen molar-refractivity contribution in [1.82, 2.24) is 0 Å². The van der Waals surface area contributed by atoms with E-state index in [9.17, 15) is 0 Å². The molecular formula is C21H19BrClN5O. The molecule has 29 heavy (non-hydrogen) atoms. The van der Waals surface area contributed by atoms with Gasteiger partial charge in [-0.15, -0.1) is 0 Å². The summed E-state index contributed by atoms with van der Waals surface area (Å²) in [5.74, 6) is 1.61. The second-order valence-electron chi connectivity index (χ2n) is 7.09. The van der Waals surface area contributed by atoms with Gasteiger partial charge in [-0.25, -0.2) is 4.99 Å². The summed E-state index contributed by atoms with van der Waals surface area (Å²) in [6.45, 7) is 3.79. The highest BCUT2D eigenvalue weighted by Gasteiger charge is 2.33. The molecule has 0 spiro atoms. The molecule has 0 fully saturated rings. The van der Waals surface area contributed by atoms with Crippen LogP contribution < -0.4 is 21.1 Å². The number of aliphatic imine (C=N–C) groups is 2. The summed E-state index contributed by atoms with van der Waals surface area (Å²) in [6.07, 6.45) is 0. The average Bonchev–Trinajstić information content (AvgIpc) is 2.64. The Bertz CT molecular complexity index is 1170. The van der Waals surface area contributed by atoms with Crippen LogP contribution in [0, 0.1) is 0 Å². The van der Waals surface area contributed by atoms with Crippen LogP contribution >= 0.6 is 27.5 Å². The number of anilines is 1. The molecular weight excluding hydrogens is 454 g/mol. The van der Waals surface area contributed by atoms with Crippen LogP contribution in [-0.4, -0.2) is 17.6 Å². The summed E-state index contributed by atoms with van der Waals surface area (Å²) >= 11 is 10.2. The van der Waals surface area contributed by atoms with Gasteiger partial charge in [0.2, 0.25) is 11.9 Å². The number of guanidine groups is 2. The Morgan fingerprint density at radius 1 is 1.03 bits per heavy atom. The highest BCUT2D eigenvalue weighted by molar-refractivity contribution is 9.10. The summed E-state index contributed by atoms with van der Waals surface area (Å²) in [7, 11) is 0. The Hall–Kier alpha value is -2.77. The molecule has 1 aliphatic rings. The first kappa shape index (κ1) is 19.5. The van der Waals surface area contributed by atoms with Gasteiger partial charge in [-0.2, -0.15) is 4.99 Å². The number of rotatable bonds is 3. The van der Waals surface area contributed by atoms with Crippen molar-refractivity contribution in [1.29, 1.82) is 0 Å². The summed E-state index contributed by atoms with van der Waals surface area (Å²) < 4.78 is 6.95. The van der Waals surface area contributed by atoms with Crippen molar-refractivity contribution in [2.24, 2.45) is 21.5 Å². The van der Waals surface area contributed by atoms with E-state index in [0.717, 1.165) is 20.9 Å². The predicted molar refractivity (Wildman–Crippen MR) is 123 cm³/mol. The van der Waals surface area contributed by atoms with E-state index in [1.165, 1.54) is 0 Å². The molecule has 0 radical (unpaired) electrons. The fourth-order valence-electron chi connectivity index (χ4n) is 3.37. The first-order chi connectivity index (χ1) is 13.8. The van der Waals surface area contributed by atoms with Crippen LogP contribution in [0.2, 0.25) is 5.02 Å². The van der Waals surface area contributed by atoms with E-state index in [4.69, 9.17) is 27.8 Å². The first-order valence-corrected chi connectivity index (χ1v) is 10.1. The standard InChI is InChI=1S/C21H19BrClN5O/c1-21(2)27-19(24)26-20(25)28(21)13-8-10-16(15(23)11-13)29-17-9-7-12-5-3-4-6-14(12)18(17)22/h3-11H,1-2H3,(H4,24,25,26,27). The monoisotopic (exact) mass is 471 g/mol. The second kappa shape index (κ2) is 7.24. The lowest BCUT2D eigenvalue weighted by molar-refractivity contribution is 0.480. The summed E-state index contributed by atoms with van der Waals surface area (Å²) in [6, 6.07) is 17.4. The third-order valence-corrected chi connectivity index (χ3v) is 5.73. The Balaban J connectivity index is 1.67. The molecule has 0 bridgehead atoms. The Labute approximate surface area is 182 Å². The zero-order valence-corrected chi connectivity index (χ0v) is 18.2. The van der Waals surface area contributed by atoms with Crippen LogP contribution in [0.5, 0.6) is 11.5 Å². The van der Waals surface area contributed by atoms with Crippen molar-refractivity contribution in [2.75, 3.05) is 4.90 Å². The van der Waals surface area contributed by atoms with Gasteiger partial charge in [0.05, 0.1) is 9.50 Å². The third-order valence-electron chi connectivity index (χ3n) is 4.62. The molecule has 0 saturated heterocycles. The van der Waals surface area contributed by atoms with Crippen LogP contribution in [0.15, 0.2) is 69.1 Å². The van der Waals surface area contributed by atoms with Crippen LogP contribution in [0.4, 0.5) is 5.69 Å². The summed E-state index contributed by atoms with van der Waals surface area (Å²) in [5.41, 5.74) is 11.9. The van der Waals surface area contributed by atoms with Crippen molar-refractivity contribution >= 4 is 55.9 Å². The van der Waals surface area contributed by atoms with Crippen LogP contribution in [0.3, 0.4) is 0 Å². The molecule has 3 aromatic carbocycles. The van der Waals surface area contributed by atoms with Gasteiger partial charge in [-0.05, 0) is 64.8 Å². The Kier molecular flexibility index (Phi) is 4.88. The molecule has 6 nitrogen and oxygen atoms in total. The molecule has 0 aliphatic carbocycles. The van der Waals surface area contributed by atoms with Gasteiger partial charge in [0.15, 0.2) is 0 Å². The van der Waals surface area contributed by atoms with Crippen molar-refractivity contribution in [3.63, 3.8) is 0 Å². The molecule has 4 rings (SSSR count). The van der Waals surface area contributed by atoms with E-state index >= 15 is 0 Å². The number of nitrogens with zero attached hydrogens (tertiary/aromatic N) is 3. The summed E-state index contributed by atoms with van der Waals surface area (Å²) in [5, 5.41) is 2.62. The van der Waals surface area contributed by atoms with Crippen LogP contribution in [0.25, 0.3) is 10.8 Å². The lowest BCUT2D eigenvalue weighted by Crippen LogP contribution is -2.54. The number of hydrogen-bond acceptors (Lipinski definition) is 6. The highest BCUT2D eigenvalue weighted by atomic mass is 79.9. The van der Waals surface area contributed by atoms with Crippen molar-refractivity contribution in [3.05, 3.63) is 64.1 Å². The lowest BCUT2D eigenvalue weighted by Gasteiger charge is -2.38. The maximum atomic E-state index is 6.53. The van der Waals surface area contributed by atoms with Crippen molar-refractivity contribution in [2.45, 2.75) is 19.5 Å². The van der Waals surface area contributed by atoms with Gasteiger partial charge in [0, 0.05) is 5.69 Å². The molecule has 0 amide bonds. The summed E-state index contributed by atoms with van der Waals surface area (Å²) in [4.78, 5) is 10.2. The fraction of sp³-hybridized carbons (Fsp3) is 0.143. The molecule has 4 N–H and O–H groups in total. The van der Waals surface area contributed by atoms with E-state index in [0.29, 0.717) is 16.5 Å². The topological polar surface area (TPSA) is 89.2 Å². The van der Waals surface area contributed by atoms with Crippen LogP contribution in [0.1, 0.15) is 13.8 Å². The lowest BCUT2D eigenvalue weighted by atomic mass is 10.1. The van der Waals surface area contributed by atoms with Crippen molar-refractivity contribution < 1.29 is 4.74 Å². The fourth-order valence-corrected chi connectivity index (χ4v) is 4.16. The number of halogens is 2. The van der Waals surface area contributed by atoms with Gasteiger partial charge < -0.3 is 16.2 Å².